The van der Waals surface area contributed by atoms with Crippen LogP contribution in [-0.2, 0) is 4.79 Å². The Labute approximate surface area is 138 Å². The summed E-state index contributed by atoms with van der Waals surface area (Å²) in [4.78, 5) is 21.5. The normalized spacial score (nSPS) is 22.8. The van der Waals surface area contributed by atoms with Gasteiger partial charge in [0.2, 0.25) is 6.79 Å². The minimum atomic E-state index is -0.180. The van der Waals surface area contributed by atoms with Crippen molar-refractivity contribution in [2.45, 2.75) is 0 Å². The first-order chi connectivity index (χ1) is 11.2. The van der Waals surface area contributed by atoms with Crippen molar-refractivity contribution >= 4 is 28.9 Å². The molecule has 0 N–H and O–H groups in total. The number of carbonyl (C=O) groups excluding carboxylic acids is 1. The van der Waals surface area contributed by atoms with Crippen molar-refractivity contribution in [2.75, 3.05) is 40.0 Å². The number of aliphatic imine (C=N–C) groups is 1. The average Bonchev–Trinajstić information content (AvgIpc) is 3.16. The summed E-state index contributed by atoms with van der Waals surface area (Å²) in [5.74, 6) is 1.23. The molecular weight excluding hydrogens is 314 g/mol. The molecule has 7 heteroatoms. The number of benzene rings is 1. The molecule has 0 aromatic heterocycles. The highest BCUT2D eigenvalue weighted by atomic mass is 32.2. The van der Waals surface area contributed by atoms with Gasteiger partial charge in [0.05, 0.1) is 4.91 Å². The second-order valence-electron chi connectivity index (χ2n) is 5.68. The maximum absolute atomic E-state index is 12.2. The van der Waals surface area contributed by atoms with Crippen LogP contribution in [0.1, 0.15) is 5.56 Å². The van der Waals surface area contributed by atoms with Crippen molar-refractivity contribution in [1.29, 1.82) is 0 Å². The third kappa shape index (κ3) is 2.82. The number of hydrogen-bond acceptors (Lipinski definition) is 6. The Morgan fingerprint density at radius 2 is 2.04 bits per heavy atom. The van der Waals surface area contributed by atoms with Gasteiger partial charge in [-0.2, -0.15) is 4.99 Å². The van der Waals surface area contributed by atoms with Crippen LogP contribution in [0, 0.1) is 0 Å². The lowest BCUT2D eigenvalue weighted by Gasteiger charge is -2.32. The Morgan fingerprint density at radius 3 is 2.87 bits per heavy atom. The van der Waals surface area contributed by atoms with Gasteiger partial charge in [0.1, 0.15) is 0 Å². The van der Waals surface area contributed by atoms with Crippen molar-refractivity contribution < 1.29 is 14.3 Å². The van der Waals surface area contributed by atoms with Crippen molar-refractivity contribution in [1.82, 2.24) is 9.80 Å². The number of rotatable bonds is 1. The minimum Gasteiger partial charge on any atom is -0.454 e. The highest BCUT2D eigenvalue weighted by molar-refractivity contribution is 8.18. The van der Waals surface area contributed by atoms with E-state index in [1.807, 2.05) is 24.3 Å². The number of likely N-dealkylation sites (N-methyl/N-ethyl adjacent to an activating group) is 1. The number of thioether (sulfide) groups is 1. The van der Waals surface area contributed by atoms with Gasteiger partial charge in [0.15, 0.2) is 16.7 Å². The van der Waals surface area contributed by atoms with Gasteiger partial charge in [-0.25, -0.2) is 0 Å². The topological polar surface area (TPSA) is 54.4 Å². The number of hydrogen-bond donors (Lipinski definition) is 0. The lowest BCUT2D eigenvalue weighted by molar-refractivity contribution is -0.113. The van der Waals surface area contributed by atoms with E-state index in [4.69, 9.17) is 9.47 Å². The first-order valence-electron chi connectivity index (χ1n) is 7.55. The van der Waals surface area contributed by atoms with E-state index in [9.17, 15) is 4.79 Å². The molecule has 0 atom stereocenters. The van der Waals surface area contributed by atoms with E-state index in [-0.39, 0.29) is 12.7 Å². The van der Waals surface area contributed by atoms with Crippen molar-refractivity contribution in [3.8, 4) is 11.5 Å². The number of nitrogens with zero attached hydrogens (tertiary/aromatic N) is 3. The van der Waals surface area contributed by atoms with Gasteiger partial charge in [-0.15, -0.1) is 0 Å². The molecule has 4 rings (SSSR count). The van der Waals surface area contributed by atoms with Gasteiger partial charge in [-0.1, -0.05) is 12.1 Å². The van der Waals surface area contributed by atoms with Crippen molar-refractivity contribution in [3.05, 3.63) is 28.7 Å². The fraction of sp³-hybridized carbons (Fsp3) is 0.375. The molecule has 23 heavy (non-hydrogen) atoms. The van der Waals surface area contributed by atoms with Crippen LogP contribution in [-0.4, -0.2) is 60.9 Å². The zero-order valence-electron chi connectivity index (χ0n) is 12.8. The Hall–Kier alpha value is -1.99. The van der Waals surface area contributed by atoms with E-state index in [1.165, 1.54) is 11.8 Å². The van der Waals surface area contributed by atoms with E-state index in [0.29, 0.717) is 10.7 Å². The maximum atomic E-state index is 12.2. The van der Waals surface area contributed by atoms with Crippen LogP contribution in [0.25, 0.3) is 6.08 Å². The quantitative estimate of drug-likeness (QED) is 0.729. The van der Waals surface area contributed by atoms with Crippen molar-refractivity contribution in [2.24, 2.45) is 4.99 Å². The molecule has 3 aliphatic heterocycles. The van der Waals surface area contributed by atoms with Crippen LogP contribution in [0.2, 0.25) is 0 Å². The van der Waals surface area contributed by atoms with E-state index >= 15 is 0 Å². The molecule has 120 valence electrons. The second kappa shape index (κ2) is 5.90. The van der Waals surface area contributed by atoms with E-state index in [2.05, 4.69) is 21.8 Å². The monoisotopic (exact) mass is 331 g/mol. The fourth-order valence-electron chi connectivity index (χ4n) is 2.74. The third-order valence-electron chi connectivity index (χ3n) is 4.10. The molecule has 3 aliphatic rings. The molecule has 1 aromatic carbocycles. The van der Waals surface area contributed by atoms with Gasteiger partial charge in [0, 0.05) is 31.7 Å². The fourth-order valence-corrected chi connectivity index (χ4v) is 3.69. The Bertz CT molecular complexity index is 709. The third-order valence-corrected chi connectivity index (χ3v) is 5.14. The van der Waals surface area contributed by atoms with Crippen molar-refractivity contribution in [3.63, 3.8) is 0 Å². The lowest BCUT2D eigenvalue weighted by Crippen LogP contribution is -2.46. The zero-order chi connectivity index (χ0) is 15.8. The molecule has 6 nitrogen and oxygen atoms in total. The Kier molecular flexibility index (Phi) is 3.74. The summed E-state index contributed by atoms with van der Waals surface area (Å²) >= 11 is 1.44. The molecular formula is C16H17N3O3S. The number of amides is 1. The van der Waals surface area contributed by atoms with Gasteiger partial charge in [-0.05, 0) is 31.0 Å². The van der Waals surface area contributed by atoms with Crippen LogP contribution in [0.15, 0.2) is 28.1 Å². The number of fused-ring (bicyclic) bond motifs is 1. The van der Waals surface area contributed by atoms with Crippen LogP contribution in [0.3, 0.4) is 0 Å². The molecule has 0 unspecified atom stereocenters. The molecule has 0 saturated carbocycles. The standard InChI is InChI=1S/C16H17N3O3S/c1-18-5-7-19(8-6-18)16-17-15(20)13(23-16)9-11-3-2-4-12-14(11)22-10-21-12/h2-4,9H,5-8,10H2,1H3/b13-9+. The Balaban J connectivity index is 1.54. The summed E-state index contributed by atoms with van der Waals surface area (Å²) in [5, 5.41) is 0.805. The van der Waals surface area contributed by atoms with E-state index in [0.717, 1.165) is 42.7 Å². The van der Waals surface area contributed by atoms with Crippen LogP contribution in [0.5, 0.6) is 11.5 Å². The summed E-state index contributed by atoms with van der Waals surface area (Å²) < 4.78 is 10.9. The van der Waals surface area contributed by atoms with Crippen LogP contribution >= 0.6 is 11.8 Å². The number of amidine groups is 1. The van der Waals surface area contributed by atoms with E-state index in [1.54, 1.807) is 0 Å². The SMILES string of the molecule is CN1CCN(C2=NC(=O)/C(=C\c3cccc4c3OCO4)S2)CC1. The van der Waals surface area contributed by atoms with E-state index < -0.39 is 0 Å². The first-order valence-corrected chi connectivity index (χ1v) is 8.37. The van der Waals surface area contributed by atoms with Crippen LogP contribution < -0.4 is 9.47 Å². The smallest absolute Gasteiger partial charge is 0.286 e. The largest absolute Gasteiger partial charge is 0.454 e. The highest BCUT2D eigenvalue weighted by Crippen LogP contribution is 2.38. The average molecular weight is 331 g/mol. The molecule has 1 aromatic rings. The number of para-hydroxylation sites is 1. The zero-order valence-corrected chi connectivity index (χ0v) is 13.6. The summed E-state index contributed by atoms with van der Waals surface area (Å²) in [6, 6.07) is 5.68. The maximum Gasteiger partial charge on any atom is 0.286 e. The second-order valence-corrected chi connectivity index (χ2v) is 6.69. The summed E-state index contributed by atoms with van der Waals surface area (Å²) in [5.41, 5.74) is 0.852. The first kappa shape index (κ1) is 14.6. The summed E-state index contributed by atoms with van der Waals surface area (Å²) in [7, 11) is 2.11. The molecule has 0 aliphatic carbocycles. The number of piperazine rings is 1. The Morgan fingerprint density at radius 1 is 1.22 bits per heavy atom. The summed E-state index contributed by atoms with van der Waals surface area (Å²) in [6.07, 6.45) is 1.84. The summed E-state index contributed by atoms with van der Waals surface area (Å²) in [6.45, 7) is 4.01. The van der Waals surface area contributed by atoms with Crippen LogP contribution in [0.4, 0.5) is 0 Å². The van der Waals surface area contributed by atoms with Gasteiger partial charge < -0.3 is 19.3 Å². The number of ether oxygens (including phenoxy) is 2. The molecule has 3 heterocycles. The van der Waals surface area contributed by atoms with Gasteiger partial charge >= 0.3 is 0 Å². The molecule has 1 saturated heterocycles. The lowest BCUT2D eigenvalue weighted by atomic mass is 10.1. The molecule has 0 radical (unpaired) electrons. The molecule has 0 bridgehead atoms. The molecule has 0 spiro atoms. The number of carbonyl (C=O) groups is 1. The highest BCUT2D eigenvalue weighted by Gasteiger charge is 2.28. The van der Waals surface area contributed by atoms with Gasteiger partial charge in [-0.3, -0.25) is 4.79 Å². The molecule has 1 amide bonds. The predicted molar refractivity (Wildman–Crippen MR) is 89.6 cm³/mol. The minimum absolute atomic E-state index is 0.180. The molecule has 1 fully saturated rings. The predicted octanol–water partition coefficient (Wildman–Crippen LogP) is 1.63. The van der Waals surface area contributed by atoms with Gasteiger partial charge in [0.25, 0.3) is 5.91 Å².